The largest absolute Gasteiger partial charge is 0.392 e. The van der Waals surface area contributed by atoms with Gasteiger partial charge in [0.15, 0.2) is 5.78 Å². The van der Waals surface area contributed by atoms with E-state index in [9.17, 15) is 9.90 Å². The van der Waals surface area contributed by atoms with Gasteiger partial charge in [0, 0.05) is 28.8 Å². The van der Waals surface area contributed by atoms with Crippen molar-refractivity contribution in [1.82, 2.24) is 5.32 Å². The van der Waals surface area contributed by atoms with Crippen LogP contribution in [-0.2, 0) is 17.8 Å². The minimum absolute atomic E-state index is 0.0341. The predicted molar refractivity (Wildman–Crippen MR) is 102 cm³/mol. The standard InChI is InChI=1S/C22H31NO2/c1-15-10-17-13-22(2,3)23-20(19(17)11-18(15)14-24)12-21(25)16-8-6-4-5-7-9-16/h10-12,16,23-24H,4-9,13-14H2,1-3H3/b20-12+. The van der Waals surface area contributed by atoms with Crippen molar-refractivity contribution in [3.63, 3.8) is 0 Å². The van der Waals surface area contributed by atoms with E-state index >= 15 is 0 Å². The Bertz CT molecular complexity index is 680. The zero-order valence-electron chi connectivity index (χ0n) is 15.8. The van der Waals surface area contributed by atoms with Gasteiger partial charge in [-0.15, -0.1) is 0 Å². The Morgan fingerprint density at radius 1 is 1.24 bits per heavy atom. The van der Waals surface area contributed by atoms with Crippen molar-refractivity contribution in [2.45, 2.75) is 77.9 Å². The summed E-state index contributed by atoms with van der Waals surface area (Å²) in [6, 6.07) is 4.23. The molecule has 1 aliphatic carbocycles. The molecule has 0 saturated heterocycles. The number of nitrogens with one attached hydrogen (secondary N) is 1. The first-order valence-corrected chi connectivity index (χ1v) is 9.67. The first kappa shape index (κ1) is 18.2. The highest BCUT2D eigenvalue weighted by Crippen LogP contribution is 2.33. The molecule has 0 radical (unpaired) electrons. The summed E-state index contributed by atoms with van der Waals surface area (Å²) in [5.74, 6) is 0.437. The van der Waals surface area contributed by atoms with Crippen LogP contribution in [0.4, 0.5) is 0 Å². The zero-order chi connectivity index (χ0) is 18.0. The molecule has 25 heavy (non-hydrogen) atoms. The van der Waals surface area contributed by atoms with Gasteiger partial charge >= 0.3 is 0 Å². The molecule has 1 saturated carbocycles. The Morgan fingerprint density at radius 3 is 2.56 bits per heavy atom. The first-order chi connectivity index (χ1) is 11.9. The van der Waals surface area contributed by atoms with Crippen molar-refractivity contribution in [1.29, 1.82) is 0 Å². The van der Waals surface area contributed by atoms with Crippen LogP contribution >= 0.6 is 0 Å². The van der Waals surface area contributed by atoms with E-state index in [1.165, 1.54) is 31.2 Å². The van der Waals surface area contributed by atoms with Crippen LogP contribution in [0.5, 0.6) is 0 Å². The lowest BCUT2D eigenvalue weighted by molar-refractivity contribution is -0.118. The second kappa shape index (κ2) is 7.33. The van der Waals surface area contributed by atoms with Crippen molar-refractivity contribution in [3.8, 4) is 0 Å². The van der Waals surface area contributed by atoms with E-state index < -0.39 is 0 Å². The summed E-state index contributed by atoms with van der Waals surface area (Å²) in [6.07, 6.45) is 9.66. The molecule has 2 aliphatic rings. The molecule has 136 valence electrons. The third kappa shape index (κ3) is 4.14. The molecule has 0 aromatic heterocycles. The molecule has 1 heterocycles. The van der Waals surface area contributed by atoms with Crippen LogP contribution in [0.3, 0.4) is 0 Å². The van der Waals surface area contributed by atoms with E-state index in [0.29, 0.717) is 0 Å². The molecule has 1 aliphatic heterocycles. The minimum atomic E-state index is -0.0737. The lowest BCUT2D eigenvalue weighted by atomic mass is 9.83. The fourth-order valence-corrected chi connectivity index (χ4v) is 4.27. The Morgan fingerprint density at radius 2 is 1.92 bits per heavy atom. The summed E-state index contributed by atoms with van der Waals surface area (Å²) in [5.41, 5.74) is 5.25. The number of rotatable bonds is 3. The number of aliphatic hydroxyl groups excluding tert-OH is 1. The number of benzene rings is 1. The van der Waals surface area contributed by atoms with Gasteiger partial charge in [0.1, 0.15) is 0 Å². The summed E-state index contributed by atoms with van der Waals surface area (Å²) in [6.45, 7) is 6.43. The smallest absolute Gasteiger partial charge is 0.160 e. The average molecular weight is 341 g/mol. The molecule has 2 N–H and O–H groups in total. The van der Waals surface area contributed by atoms with Crippen LogP contribution in [0, 0.1) is 12.8 Å². The van der Waals surface area contributed by atoms with Gasteiger partial charge < -0.3 is 10.4 Å². The number of carbonyl (C=O) groups is 1. The van der Waals surface area contributed by atoms with Gasteiger partial charge in [-0.1, -0.05) is 31.7 Å². The van der Waals surface area contributed by atoms with Gasteiger partial charge in [-0.3, -0.25) is 4.79 Å². The highest BCUT2D eigenvalue weighted by atomic mass is 16.3. The number of hydrogen-bond donors (Lipinski definition) is 2. The highest BCUT2D eigenvalue weighted by molar-refractivity contribution is 5.98. The molecule has 1 aromatic rings. The lowest BCUT2D eigenvalue weighted by Crippen LogP contribution is -2.44. The van der Waals surface area contributed by atoms with E-state index in [1.807, 2.05) is 13.0 Å². The molecule has 0 bridgehead atoms. The number of fused-ring (bicyclic) bond motifs is 1. The van der Waals surface area contributed by atoms with Gasteiger partial charge in [0.2, 0.25) is 0 Å². The second-order valence-corrected chi connectivity index (χ2v) is 8.43. The molecule has 0 unspecified atom stereocenters. The van der Waals surface area contributed by atoms with E-state index in [0.717, 1.165) is 41.6 Å². The van der Waals surface area contributed by atoms with E-state index in [4.69, 9.17) is 0 Å². The molecule has 3 nitrogen and oxygen atoms in total. The Balaban J connectivity index is 1.96. The van der Waals surface area contributed by atoms with Gasteiger partial charge in [-0.2, -0.15) is 0 Å². The minimum Gasteiger partial charge on any atom is -0.392 e. The van der Waals surface area contributed by atoms with Gasteiger partial charge in [0.05, 0.1) is 6.61 Å². The number of carbonyl (C=O) groups excluding carboxylic acids is 1. The van der Waals surface area contributed by atoms with Crippen LogP contribution in [0.15, 0.2) is 18.2 Å². The van der Waals surface area contributed by atoms with Crippen LogP contribution in [0.2, 0.25) is 0 Å². The molecule has 1 fully saturated rings. The van der Waals surface area contributed by atoms with Crippen molar-refractivity contribution >= 4 is 11.5 Å². The number of hydrogen-bond acceptors (Lipinski definition) is 3. The zero-order valence-corrected chi connectivity index (χ0v) is 15.8. The Labute approximate surface area is 151 Å². The van der Waals surface area contributed by atoms with Gasteiger partial charge in [-0.25, -0.2) is 0 Å². The van der Waals surface area contributed by atoms with Crippen molar-refractivity contribution in [2.24, 2.45) is 5.92 Å². The van der Waals surface area contributed by atoms with Crippen molar-refractivity contribution in [2.75, 3.05) is 0 Å². The summed E-state index contributed by atoms with van der Waals surface area (Å²) in [7, 11) is 0. The monoisotopic (exact) mass is 341 g/mol. The number of ketones is 1. The number of aliphatic hydroxyl groups is 1. The molecule has 0 amide bonds. The summed E-state index contributed by atoms with van der Waals surface area (Å²) in [5, 5.41) is 13.2. The summed E-state index contributed by atoms with van der Waals surface area (Å²) >= 11 is 0. The molecule has 3 rings (SSSR count). The molecule has 0 atom stereocenters. The maximum atomic E-state index is 12.9. The maximum absolute atomic E-state index is 12.9. The van der Waals surface area contributed by atoms with E-state index in [2.05, 4.69) is 31.3 Å². The van der Waals surface area contributed by atoms with E-state index in [-0.39, 0.29) is 23.8 Å². The molecule has 1 aromatic carbocycles. The van der Waals surface area contributed by atoms with Crippen LogP contribution < -0.4 is 5.32 Å². The molecular weight excluding hydrogens is 310 g/mol. The quantitative estimate of drug-likeness (QED) is 0.637. The summed E-state index contributed by atoms with van der Waals surface area (Å²) < 4.78 is 0. The van der Waals surface area contributed by atoms with Gasteiger partial charge in [0.25, 0.3) is 0 Å². The maximum Gasteiger partial charge on any atom is 0.160 e. The first-order valence-electron chi connectivity index (χ1n) is 9.67. The normalized spacial score (nSPS) is 22.2. The number of aryl methyl sites for hydroxylation is 1. The number of allylic oxidation sites excluding steroid dienone is 1. The fraction of sp³-hybridized carbons (Fsp3) is 0.591. The van der Waals surface area contributed by atoms with E-state index in [1.54, 1.807) is 0 Å². The average Bonchev–Trinajstić information content (AvgIpc) is 2.82. The SMILES string of the molecule is Cc1cc2c(cc1CO)/C(=C\C(=O)C1CCCCCC1)NC(C)(C)C2. The topological polar surface area (TPSA) is 49.3 Å². The summed E-state index contributed by atoms with van der Waals surface area (Å²) in [4.78, 5) is 12.9. The molecular formula is C22H31NO2. The third-order valence-electron chi connectivity index (χ3n) is 5.67. The highest BCUT2D eigenvalue weighted by Gasteiger charge is 2.29. The molecule has 0 spiro atoms. The predicted octanol–water partition coefficient (Wildman–Crippen LogP) is 4.29. The van der Waals surface area contributed by atoms with Crippen LogP contribution in [0.25, 0.3) is 5.70 Å². The third-order valence-corrected chi connectivity index (χ3v) is 5.67. The lowest BCUT2D eigenvalue weighted by Gasteiger charge is -2.36. The van der Waals surface area contributed by atoms with Crippen molar-refractivity contribution < 1.29 is 9.90 Å². The Hall–Kier alpha value is -1.61. The van der Waals surface area contributed by atoms with Crippen molar-refractivity contribution in [3.05, 3.63) is 40.5 Å². The second-order valence-electron chi connectivity index (χ2n) is 8.43. The van der Waals surface area contributed by atoms with Gasteiger partial charge in [-0.05, 0) is 62.8 Å². The van der Waals surface area contributed by atoms with Crippen LogP contribution in [-0.4, -0.2) is 16.4 Å². The fourth-order valence-electron chi connectivity index (χ4n) is 4.27. The Kier molecular flexibility index (Phi) is 5.33. The molecule has 3 heteroatoms. The van der Waals surface area contributed by atoms with Crippen LogP contribution in [0.1, 0.15) is 74.6 Å².